The molecule has 0 aliphatic rings. The molecule has 0 aliphatic heterocycles. The van der Waals surface area contributed by atoms with E-state index in [1.807, 2.05) is 66.2 Å². The molecule has 142 valence electrons. The van der Waals surface area contributed by atoms with Crippen LogP contribution in [0.2, 0.25) is 0 Å². The third kappa shape index (κ3) is 3.61. The molecule has 0 bridgehead atoms. The van der Waals surface area contributed by atoms with Gasteiger partial charge in [-0.05, 0) is 35.9 Å². The lowest BCUT2D eigenvalue weighted by Gasteiger charge is -2.19. The number of rotatable bonds is 5. The molecule has 7 heteroatoms. The summed E-state index contributed by atoms with van der Waals surface area (Å²) >= 11 is 3.34. The topological polar surface area (TPSA) is 64.0 Å². The van der Waals surface area contributed by atoms with Crippen LogP contribution in [0.5, 0.6) is 0 Å². The predicted octanol–water partition coefficient (Wildman–Crippen LogP) is 4.40. The average molecular weight is 456 g/mol. The van der Waals surface area contributed by atoms with Gasteiger partial charge in [0.2, 0.25) is 10.0 Å². The number of hydrogen-bond donors (Lipinski definition) is 1. The second-order valence-electron chi connectivity index (χ2n) is 6.44. The Bertz CT molecular complexity index is 1240. The number of para-hydroxylation sites is 2. The van der Waals surface area contributed by atoms with Gasteiger partial charge in [0.15, 0.2) is 0 Å². The summed E-state index contributed by atoms with van der Waals surface area (Å²) in [5, 5.41) is 0. The molecule has 1 atom stereocenters. The van der Waals surface area contributed by atoms with Gasteiger partial charge in [0.05, 0.1) is 15.9 Å². The summed E-state index contributed by atoms with van der Waals surface area (Å²) < 4.78 is 31.7. The number of aromatic nitrogens is 2. The standard InChI is InChI=1S/C21H18BrN3O2S/c1-25-19-13-6-5-12-18(19)23-21(25)20(15-8-3-2-4-9-15)24-28(26,27)17-11-7-10-16(22)14-17/h2-14,20,24H,1H3. The molecule has 1 N–H and O–H groups in total. The zero-order valence-electron chi connectivity index (χ0n) is 15.1. The first-order chi connectivity index (χ1) is 13.5. The molecule has 0 fully saturated rings. The lowest BCUT2D eigenvalue weighted by molar-refractivity contribution is 0.563. The number of aryl methyl sites for hydroxylation is 1. The number of imidazole rings is 1. The van der Waals surface area contributed by atoms with E-state index in [-0.39, 0.29) is 4.90 Å². The summed E-state index contributed by atoms with van der Waals surface area (Å²) in [5.41, 5.74) is 2.59. The van der Waals surface area contributed by atoms with Crippen molar-refractivity contribution in [1.29, 1.82) is 0 Å². The van der Waals surface area contributed by atoms with E-state index in [0.717, 1.165) is 16.6 Å². The van der Waals surface area contributed by atoms with E-state index in [0.29, 0.717) is 10.3 Å². The summed E-state index contributed by atoms with van der Waals surface area (Å²) in [4.78, 5) is 4.91. The van der Waals surface area contributed by atoms with E-state index in [4.69, 9.17) is 4.98 Å². The molecular weight excluding hydrogens is 438 g/mol. The van der Waals surface area contributed by atoms with Crippen LogP contribution in [0.15, 0.2) is 88.2 Å². The molecule has 3 aromatic carbocycles. The number of nitrogens with one attached hydrogen (secondary N) is 1. The SMILES string of the molecule is Cn1c(C(NS(=O)(=O)c2cccc(Br)c2)c2ccccc2)nc2ccccc21. The van der Waals surface area contributed by atoms with Gasteiger partial charge in [-0.25, -0.2) is 13.4 Å². The molecule has 1 unspecified atom stereocenters. The number of benzene rings is 3. The maximum Gasteiger partial charge on any atom is 0.241 e. The van der Waals surface area contributed by atoms with Gasteiger partial charge in [-0.2, -0.15) is 4.72 Å². The van der Waals surface area contributed by atoms with E-state index >= 15 is 0 Å². The van der Waals surface area contributed by atoms with Crippen molar-refractivity contribution in [2.45, 2.75) is 10.9 Å². The minimum absolute atomic E-state index is 0.196. The minimum atomic E-state index is -3.77. The quantitative estimate of drug-likeness (QED) is 0.484. The van der Waals surface area contributed by atoms with Gasteiger partial charge in [0, 0.05) is 11.5 Å². The molecule has 0 saturated carbocycles. The van der Waals surface area contributed by atoms with Crippen LogP contribution in [-0.2, 0) is 17.1 Å². The van der Waals surface area contributed by atoms with Crippen LogP contribution in [0, 0.1) is 0 Å². The molecule has 4 rings (SSSR count). The molecule has 4 aromatic rings. The lowest BCUT2D eigenvalue weighted by atomic mass is 10.1. The highest BCUT2D eigenvalue weighted by Gasteiger charge is 2.27. The normalized spacial score (nSPS) is 12.9. The van der Waals surface area contributed by atoms with E-state index in [1.165, 1.54) is 0 Å². The third-order valence-electron chi connectivity index (χ3n) is 4.59. The van der Waals surface area contributed by atoms with E-state index < -0.39 is 16.1 Å². The maximum atomic E-state index is 13.1. The van der Waals surface area contributed by atoms with Crippen LogP contribution in [0.3, 0.4) is 0 Å². The Balaban J connectivity index is 1.84. The molecular formula is C21H18BrN3O2S. The van der Waals surface area contributed by atoms with Crippen LogP contribution in [0.1, 0.15) is 17.4 Å². The summed E-state index contributed by atoms with van der Waals surface area (Å²) in [6.07, 6.45) is 0. The third-order valence-corrected chi connectivity index (χ3v) is 6.51. The highest BCUT2D eigenvalue weighted by Crippen LogP contribution is 2.27. The molecule has 0 spiro atoms. The fourth-order valence-electron chi connectivity index (χ4n) is 3.20. The average Bonchev–Trinajstić information content (AvgIpc) is 3.04. The van der Waals surface area contributed by atoms with Crippen LogP contribution in [0.25, 0.3) is 11.0 Å². The zero-order chi connectivity index (χ0) is 19.7. The Morgan fingerprint density at radius 1 is 0.964 bits per heavy atom. The van der Waals surface area contributed by atoms with Crippen molar-refractivity contribution >= 4 is 37.0 Å². The number of nitrogens with zero attached hydrogens (tertiary/aromatic N) is 2. The van der Waals surface area contributed by atoms with Gasteiger partial charge >= 0.3 is 0 Å². The van der Waals surface area contributed by atoms with Crippen molar-refractivity contribution in [2.24, 2.45) is 7.05 Å². The summed E-state index contributed by atoms with van der Waals surface area (Å²) in [6, 6.07) is 23.2. The summed E-state index contributed by atoms with van der Waals surface area (Å²) in [7, 11) is -1.87. The lowest BCUT2D eigenvalue weighted by Crippen LogP contribution is -2.31. The number of hydrogen-bond acceptors (Lipinski definition) is 3. The van der Waals surface area contributed by atoms with E-state index in [2.05, 4.69) is 20.7 Å². The molecule has 0 radical (unpaired) electrons. The van der Waals surface area contributed by atoms with E-state index in [1.54, 1.807) is 24.3 Å². The fraction of sp³-hybridized carbons (Fsp3) is 0.0952. The second kappa shape index (κ2) is 7.50. The fourth-order valence-corrected chi connectivity index (χ4v) is 4.97. The molecule has 0 aliphatic carbocycles. The van der Waals surface area contributed by atoms with Crippen molar-refractivity contribution in [3.05, 3.63) is 94.7 Å². The van der Waals surface area contributed by atoms with Crippen LogP contribution < -0.4 is 4.72 Å². The maximum absolute atomic E-state index is 13.1. The highest BCUT2D eigenvalue weighted by atomic mass is 79.9. The Morgan fingerprint density at radius 3 is 2.39 bits per heavy atom. The largest absolute Gasteiger partial charge is 0.329 e. The second-order valence-corrected chi connectivity index (χ2v) is 9.07. The first-order valence-electron chi connectivity index (χ1n) is 8.70. The van der Waals surface area contributed by atoms with Crippen LogP contribution in [-0.4, -0.2) is 18.0 Å². The predicted molar refractivity (Wildman–Crippen MR) is 113 cm³/mol. The molecule has 0 amide bonds. The zero-order valence-corrected chi connectivity index (χ0v) is 17.5. The first kappa shape index (κ1) is 18.9. The van der Waals surface area contributed by atoms with Crippen LogP contribution >= 0.6 is 15.9 Å². The van der Waals surface area contributed by atoms with Crippen molar-refractivity contribution in [3.63, 3.8) is 0 Å². The Morgan fingerprint density at radius 2 is 1.68 bits per heavy atom. The van der Waals surface area contributed by atoms with Crippen molar-refractivity contribution in [1.82, 2.24) is 14.3 Å². The van der Waals surface area contributed by atoms with Gasteiger partial charge in [-0.1, -0.05) is 64.5 Å². The molecule has 0 saturated heterocycles. The van der Waals surface area contributed by atoms with Gasteiger partial charge < -0.3 is 4.57 Å². The van der Waals surface area contributed by atoms with Gasteiger partial charge in [-0.15, -0.1) is 0 Å². The van der Waals surface area contributed by atoms with Crippen LogP contribution in [0.4, 0.5) is 0 Å². The van der Waals surface area contributed by atoms with Gasteiger partial charge in [0.25, 0.3) is 0 Å². The molecule has 1 aromatic heterocycles. The number of sulfonamides is 1. The molecule has 28 heavy (non-hydrogen) atoms. The Hall–Kier alpha value is -2.48. The Labute approximate surface area is 172 Å². The monoisotopic (exact) mass is 455 g/mol. The highest BCUT2D eigenvalue weighted by molar-refractivity contribution is 9.10. The number of halogens is 1. The molecule has 5 nitrogen and oxygen atoms in total. The minimum Gasteiger partial charge on any atom is -0.329 e. The summed E-state index contributed by atoms with van der Waals surface area (Å²) in [5.74, 6) is 0.631. The van der Waals surface area contributed by atoms with Gasteiger partial charge in [0.1, 0.15) is 11.9 Å². The van der Waals surface area contributed by atoms with Gasteiger partial charge in [-0.3, -0.25) is 0 Å². The first-order valence-corrected chi connectivity index (χ1v) is 11.0. The molecule has 1 heterocycles. The summed E-state index contributed by atoms with van der Waals surface area (Å²) in [6.45, 7) is 0. The Kier molecular flexibility index (Phi) is 5.05. The smallest absolute Gasteiger partial charge is 0.241 e. The number of fused-ring (bicyclic) bond motifs is 1. The van der Waals surface area contributed by atoms with Crippen molar-refractivity contribution in [2.75, 3.05) is 0 Å². The van der Waals surface area contributed by atoms with Crippen molar-refractivity contribution < 1.29 is 8.42 Å². The van der Waals surface area contributed by atoms with Crippen molar-refractivity contribution in [3.8, 4) is 0 Å². The van der Waals surface area contributed by atoms with E-state index in [9.17, 15) is 8.42 Å².